The third-order valence-corrected chi connectivity index (χ3v) is 3.60. The van der Waals surface area contributed by atoms with Crippen LogP contribution in [0.1, 0.15) is 43.5 Å². The van der Waals surface area contributed by atoms with E-state index in [1.807, 2.05) is 24.3 Å². The molecule has 0 spiro atoms. The Morgan fingerprint density at radius 2 is 2.17 bits per heavy atom. The largest absolute Gasteiger partial charge is 0.368 e. The molecule has 0 radical (unpaired) electrons. The molecule has 1 saturated heterocycles. The van der Waals surface area contributed by atoms with Crippen LogP contribution in [0, 0.1) is 5.92 Å². The lowest BCUT2D eigenvalue weighted by atomic mass is 10.0. The zero-order valence-corrected chi connectivity index (χ0v) is 11.2. The molecule has 1 unspecified atom stereocenters. The Balaban J connectivity index is 2.27. The quantitative estimate of drug-likeness (QED) is 0.888. The van der Waals surface area contributed by atoms with Crippen molar-refractivity contribution in [3.05, 3.63) is 29.8 Å². The molecular formula is C15H22N2O. The smallest absolute Gasteiger partial charge is 0.250 e. The zero-order valence-electron chi connectivity index (χ0n) is 11.2. The predicted octanol–water partition coefficient (Wildman–Crippen LogP) is 2.80. The lowest BCUT2D eigenvalue weighted by molar-refractivity contribution is 0.100. The van der Waals surface area contributed by atoms with E-state index in [0.717, 1.165) is 12.2 Å². The van der Waals surface area contributed by atoms with E-state index < -0.39 is 0 Å². The minimum absolute atomic E-state index is 0.333. The number of para-hydroxylation sites is 1. The summed E-state index contributed by atoms with van der Waals surface area (Å²) in [4.78, 5) is 13.9. The fourth-order valence-corrected chi connectivity index (χ4v) is 2.87. The minimum Gasteiger partial charge on any atom is -0.368 e. The second-order valence-electron chi connectivity index (χ2n) is 5.50. The van der Waals surface area contributed by atoms with Gasteiger partial charge in [-0.2, -0.15) is 0 Å². The Kier molecular flexibility index (Phi) is 3.90. The van der Waals surface area contributed by atoms with Gasteiger partial charge in [-0.15, -0.1) is 0 Å². The highest BCUT2D eigenvalue weighted by Crippen LogP contribution is 2.31. The van der Waals surface area contributed by atoms with Gasteiger partial charge >= 0.3 is 0 Å². The van der Waals surface area contributed by atoms with Gasteiger partial charge in [-0.1, -0.05) is 26.0 Å². The van der Waals surface area contributed by atoms with Crippen LogP contribution in [0.25, 0.3) is 0 Å². The summed E-state index contributed by atoms with van der Waals surface area (Å²) in [7, 11) is 0. The van der Waals surface area contributed by atoms with Crippen molar-refractivity contribution in [2.24, 2.45) is 11.7 Å². The maximum atomic E-state index is 11.5. The van der Waals surface area contributed by atoms with E-state index in [-0.39, 0.29) is 5.91 Å². The molecule has 1 aromatic rings. The summed E-state index contributed by atoms with van der Waals surface area (Å²) >= 11 is 0. The fraction of sp³-hybridized carbons (Fsp3) is 0.533. The number of hydrogen-bond acceptors (Lipinski definition) is 2. The van der Waals surface area contributed by atoms with Crippen LogP contribution in [0.5, 0.6) is 0 Å². The molecule has 0 bridgehead atoms. The van der Waals surface area contributed by atoms with Gasteiger partial charge in [-0.3, -0.25) is 4.79 Å². The highest BCUT2D eigenvalue weighted by Gasteiger charge is 2.27. The van der Waals surface area contributed by atoms with Gasteiger partial charge < -0.3 is 10.6 Å². The molecule has 3 nitrogen and oxygen atoms in total. The first-order valence-corrected chi connectivity index (χ1v) is 6.75. The number of hydrogen-bond donors (Lipinski definition) is 1. The summed E-state index contributed by atoms with van der Waals surface area (Å²) in [5.74, 6) is 0.345. The maximum Gasteiger partial charge on any atom is 0.250 e. The monoisotopic (exact) mass is 246 g/mol. The lowest BCUT2D eigenvalue weighted by Crippen LogP contribution is -2.32. The van der Waals surface area contributed by atoms with Crippen molar-refractivity contribution in [1.29, 1.82) is 0 Å². The molecule has 1 aliphatic rings. The molecule has 1 atom stereocenters. The van der Waals surface area contributed by atoms with Crippen molar-refractivity contribution >= 4 is 11.6 Å². The first-order chi connectivity index (χ1) is 8.59. The molecule has 0 aliphatic carbocycles. The Morgan fingerprint density at radius 1 is 1.44 bits per heavy atom. The van der Waals surface area contributed by atoms with Crippen LogP contribution in [0.2, 0.25) is 0 Å². The first-order valence-electron chi connectivity index (χ1n) is 6.75. The summed E-state index contributed by atoms with van der Waals surface area (Å²) < 4.78 is 0. The Labute approximate surface area is 109 Å². The maximum absolute atomic E-state index is 11.5. The molecule has 2 N–H and O–H groups in total. The molecule has 1 heterocycles. The van der Waals surface area contributed by atoms with E-state index in [9.17, 15) is 4.79 Å². The zero-order chi connectivity index (χ0) is 13.1. The van der Waals surface area contributed by atoms with Crippen LogP contribution in [0.4, 0.5) is 5.69 Å². The molecular weight excluding hydrogens is 224 g/mol. The molecule has 0 saturated carbocycles. The molecule has 98 valence electrons. The molecule has 1 aromatic carbocycles. The van der Waals surface area contributed by atoms with E-state index >= 15 is 0 Å². The van der Waals surface area contributed by atoms with Gasteiger partial charge in [-0.05, 0) is 37.3 Å². The average molecular weight is 246 g/mol. The standard InChI is InChI=1S/C15H22N2O/c1-11(2)10-12-6-5-9-17(12)14-8-4-3-7-13(14)15(16)18/h3-4,7-8,11-12H,5-6,9-10H2,1-2H3,(H2,16,18). The fourth-order valence-electron chi connectivity index (χ4n) is 2.87. The lowest BCUT2D eigenvalue weighted by Gasteiger charge is -2.29. The predicted molar refractivity (Wildman–Crippen MR) is 74.8 cm³/mol. The Hall–Kier alpha value is -1.51. The highest BCUT2D eigenvalue weighted by atomic mass is 16.1. The number of nitrogens with two attached hydrogens (primary N) is 1. The second kappa shape index (κ2) is 5.42. The van der Waals surface area contributed by atoms with Crippen molar-refractivity contribution in [3.8, 4) is 0 Å². The van der Waals surface area contributed by atoms with Gasteiger partial charge in [0.25, 0.3) is 5.91 Å². The number of carbonyl (C=O) groups excluding carboxylic acids is 1. The molecule has 1 fully saturated rings. The van der Waals surface area contributed by atoms with Gasteiger partial charge in [0.2, 0.25) is 0 Å². The molecule has 1 amide bonds. The van der Waals surface area contributed by atoms with Crippen molar-refractivity contribution in [2.45, 2.75) is 39.2 Å². The van der Waals surface area contributed by atoms with Crippen LogP contribution in [-0.2, 0) is 0 Å². The average Bonchev–Trinajstić information content (AvgIpc) is 2.76. The van der Waals surface area contributed by atoms with E-state index in [4.69, 9.17) is 5.73 Å². The van der Waals surface area contributed by atoms with E-state index in [0.29, 0.717) is 17.5 Å². The van der Waals surface area contributed by atoms with Crippen LogP contribution in [0.3, 0.4) is 0 Å². The van der Waals surface area contributed by atoms with Gasteiger partial charge in [-0.25, -0.2) is 0 Å². The van der Waals surface area contributed by atoms with Crippen LogP contribution in [0.15, 0.2) is 24.3 Å². The summed E-state index contributed by atoms with van der Waals surface area (Å²) in [5, 5.41) is 0. The van der Waals surface area contributed by atoms with E-state index in [2.05, 4.69) is 18.7 Å². The molecule has 18 heavy (non-hydrogen) atoms. The molecule has 1 aliphatic heterocycles. The number of benzene rings is 1. The number of rotatable bonds is 4. The SMILES string of the molecule is CC(C)CC1CCCN1c1ccccc1C(N)=O. The third-order valence-electron chi connectivity index (χ3n) is 3.60. The van der Waals surface area contributed by atoms with Gasteiger partial charge in [0.05, 0.1) is 5.56 Å². The first kappa shape index (κ1) is 12.9. The molecule has 0 aromatic heterocycles. The summed E-state index contributed by atoms with van der Waals surface area (Å²) in [6.45, 7) is 5.52. The summed E-state index contributed by atoms with van der Waals surface area (Å²) in [5.41, 5.74) is 7.12. The van der Waals surface area contributed by atoms with E-state index in [1.165, 1.54) is 19.3 Å². The highest BCUT2D eigenvalue weighted by molar-refractivity contribution is 5.98. The van der Waals surface area contributed by atoms with Crippen LogP contribution in [-0.4, -0.2) is 18.5 Å². The molecule has 3 heteroatoms. The van der Waals surface area contributed by atoms with Crippen molar-refractivity contribution in [1.82, 2.24) is 0 Å². The van der Waals surface area contributed by atoms with E-state index in [1.54, 1.807) is 0 Å². The van der Waals surface area contributed by atoms with Crippen LogP contribution >= 0.6 is 0 Å². The second-order valence-corrected chi connectivity index (χ2v) is 5.50. The Bertz CT molecular complexity index is 428. The van der Waals surface area contributed by atoms with Crippen molar-refractivity contribution in [3.63, 3.8) is 0 Å². The third kappa shape index (κ3) is 2.66. The van der Waals surface area contributed by atoms with Gasteiger partial charge in [0, 0.05) is 18.3 Å². The van der Waals surface area contributed by atoms with Crippen molar-refractivity contribution in [2.75, 3.05) is 11.4 Å². The Morgan fingerprint density at radius 3 is 2.83 bits per heavy atom. The van der Waals surface area contributed by atoms with Gasteiger partial charge in [0.1, 0.15) is 0 Å². The number of amides is 1. The minimum atomic E-state index is -0.333. The number of anilines is 1. The summed E-state index contributed by atoms with van der Waals surface area (Å²) in [6, 6.07) is 8.23. The summed E-state index contributed by atoms with van der Waals surface area (Å²) in [6.07, 6.45) is 3.59. The number of nitrogens with zero attached hydrogens (tertiary/aromatic N) is 1. The van der Waals surface area contributed by atoms with Crippen molar-refractivity contribution < 1.29 is 4.79 Å². The van der Waals surface area contributed by atoms with Gasteiger partial charge in [0.15, 0.2) is 0 Å². The molecule has 2 rings (SSSR count). The normalized spacial score (nSPS) is 19.5. The topological polar surface area (TPSA) is 46.3 Å². The number of carbonyl (C=O) groups is 1. The van der Waals surface area contributed by atoms with Crippen LogP contribution < -0.4 is 10.6 Å². The number of primary amides is 1.